The molecule has 0 unspecified atom stereocenters. The number of carbonyl (C=O) groups excluding carboxylic acids is 1. The van der Waals surface area contributed by atoms with Crippen molar-refractivity contribution in [3.05, 3.63) is 65.5 Å². The molecule has 0 aliphatic carbocycles. The van der Waals surface area contributed by atoms with Gasteiger partial charge in [-0.2, -0.15) is 0 Å². The summed E-state index contributed by atoms with van der Waals surface area (Å²) in [4.78, 5) is 11.9. The van der Waals surface area contributed by atoms with Gasteiger partial charge in [0.25, 0.3) is 5.91 Å². The van der Waals surface area contributed by atoms with Crippen molar-refractivity contribution >= 4 is 11.6 Å². The summed E-state index contributed by atoms with van der Waals surface area (Å²) in [5.41, 5.74) is 7.54. The molecule has 18 heavy (non-hydrogen) atoms. The van der Waals surface area contributed by atoms with E-state index in [1.54, 1.807) is 24.3 Å². The maximum Gasteiger partial charge on any atom is 0.255 e. The molecule has 2 aromatic carbocycles. The van der Waals surface area contributed by atoms with Crippen LogP contribution in [0.25, 0.3) is 0 Å². The first kappa shape index (κ1) is 12.3. The third-order valence-electron chi connectivity index (χ3n) is 2.55. The lowest BCUT2D eigenvalue weighted by atomic mass is 10.1. The Labute approximate surface area is 104 Å². The standard InChI is InChI=1S/C14H13FN2O/c15-12-5-7-13(8-6-12)17-14(18)11-3-1-10(9-16)2-4-11/h1-8H,9,16H2,(H,17,18). The molecule has 92 valence electrons. The van der Waals surface area contributed by atoms with Gasteiger partial charge in [-0.1, -0.05) is 12.1 Å². The van der Waals surface area contributed by atoms with Gasteiger partial charge in [0.1, 0.15) is 5.82 Å². The summed E-state index contributed by atoms with van der Waals surface area (Å²) in [5.74, 6) is -0.564. The van der Waals surface area contributed by atoms with Gasteiger partial charge in [0.15, 0.2) is 0 Å². The summed E-state index contributed by atoms with van der Waals surface area (Å²) in [7, 11) is 0. The van der Waals surface area contributed by atoms with E-state index in [2.05, 4.69) is 5.32 Å². The van der Waals surface area contributed by atoms with Crippen LogP contribution in [0.5, 0.6) is 0 Å². The van der Waals surface area contributed by atoms with Crippen molar-refractivity contribution in [2.24, 2.45) is 5.73 Å². The molecular formula is C14H13FN2O. The first-order valence-electron chi connectivity index (χ1n) is 5.55. The van der Waals surface area contributed by atoms with E-state index in [1.807, 2.05) is 0 Å². The van der Waals surface area contributed by atoms with Crippen LogP contribution in [0.2, 0.25) is 0 Å². The van der Waals surface area contributed by atoms with E-state index in [1.165, 1.54) is 24.3 Å². The van der Waals surface area contributed by atoms with E-state index in [0.717, 1.165) is 5.56 Å². The maximum atomic E-state index is 12.7. The number of hydrogen-bond acceptors (Lipinski definition) is 2. The number of rotatable bonds is 3. The van der Waals surface area contributed by atoms with Crippen LogP contribution in [-0.4, -0.2) is 5.91 Å². The van der Waals surface area contributed by atoms with Crippen LogP contribution < -0.4 is 11.1 Å². The predicted octanol–water partition coefficient (Wildman–Crippen LogP) is 2.54. The molecule has 0 aliphatic rings. The average molecular weight is 244 g/mol. The Morgan fingerprint density at radius 3 is 2.22 bits per heavy atom. The number of nitrogens with two attached hydrogens (primary N) is 1. The number of hydrogen-bond donors (Lipinski definition) is 2. The average Bonchev–Trinajstić information content (AvgIpc) is 2.41. The van der Waals surface area contributed by atoms with Crippen molar-refractivity contribution in [2.75, 3.05) is 5.32 Å². The van der Waals surface area contributed by atoms with Crippen LogP contribution in [0, 0.1) is 5.82 Å². The largest absolute Gasteiger partial charge is 0.326 e. The van der Waals surface area contributed by atoms with Crippen molar-refractivity contribution in [2.45, 2.75) is 6.54 Å². The third-order valence-corrected chi connectivity index (χ3v) is 2.55. The number of carbonyl (C=O) groups is 1. The molecule has 0 radical (unpaired) electrons. The first-order chi connectivity index (χ1) is 8.69. The molecule has 0 atom stereocenters. The highest BCUT2D eigenvalue weighted by Crippen LogP contribution is 2.11. The van der Waals surface area contributed by atoms with Crippen molar-refractivity contribution in [3.63, 3.8) is 0 Å². The zero-order valence-electron chi connectivity index (χ0n) is 9.69. The summed E-state index contributed by atoms with van der Waals surface area (Å²) in [5, 5.41) is 2.69. The van der Waals surface area contributed by atoms with Crippen molar-refractivity contribution in [3.8, 4) is 0 Å². The van der Waals surface area contributed by atoms with Crippen molar-refractivity contribution in [1.29, 1.82) is 0 Å². The minimum Gasteiger partial charge on any atom is -0.326 e. The second kappa shape index (κ2) is 5.42. The molecule has 0 aromatic heterocycles. The highest BCUT2D eigenvalue weighted by atomic mass is 19.1. The van der Waals surface area contributed by atoms with Crippen LogP contribution in [0.15, 0.2) is 48.5 Å². The maximum absolute atomic E-state index is 12.7. The summed E-state index contributed by atoms with van der Waals surface area (Å²) in [6.45, 7) is 0.444. The summed E-state index contributed by atoms with van der Waals surface area (Å²) >= 11 is 0. The number of nitrogens with one attached hydrogen (secondary N) is 1. The Balaban J connectivity index is 2.09. The van der Waals surface area contributed by atoms with Gasteiger partial charge in [0.05, 0.1) is 0 Å². The van der Waals surface area contributed by atoms with E-state index < -0.39 is 0 Å². The zero-order chi connectivity index (χ0) is 13.0. The molecule has 1 amide bonds. The predicted molar refractivity (Wildman–Crippen MR) is 68.7 cm³/mol. The Kier molecular flexibility index (Phi) is 3.69. The fourth-order valence-electron chi connectivity index (χ4n) is 1.53. The molecule has 0 heterocycles. The molecule has 0 saturated carbocycles. The van der Waals surface area contributed by atoms with E-state index >= 15 is 0 Å². The quantitative estimate of drug-likeness (QED) is 0.871. The molecule has 0 aliphatic heterocycles. The Morgan fingerprint density at radius 1 is 1.06 bits per heavy atom. The fourth-order valence-corrected chi connectivity index (χ4v) is 1.53. The van der Waals surface area contributed by atoms with Gasteiger partial charge in [-0.15, -0.1) is 0 Å². The zero-order valence-corrected chi connectivity index (χ0v) is 9.69. The van der Waals surface area contributed by atoms with Gasteiger partial charge in [-0.05, 0) is 42.0 Å². The molecule has 0 saturated heterocycles. The first-order valence-corrected chi connectivity index (χ1v) is 5.55. The second-order valence-corrected chi connectivity index (χ2v) is 3.86. The summed E-state index contributed by atoms with van der Waals surface area (Å²) in [6.07, 6.45) is 0. The number of amides is 1. The Morgan fingerprint density at radius 2 is 1.67 bits per heavy atom. The van der Waals surface area contributed by atoms with E-state index in [0.29, 0.717) is 17.8 Å². The highest BCUT2D eigenvalue weighted by molar-refractivity contribution is 6.04. The number of halogens is 1. The molecule has 0 spiro atoms. The van der Waals surface area contributed by atoms with Crippen LogP contribution in [0.1, 0.15) is 15.9 Å². The highest BCUT2D eigenvalue weighted by Gasteiger charge is 2.05. The van der Waals surface area contributed by atoms with Crippen molar-refractivity contribution in [1.82, 2.24) is 0 Å². The smallest absolute Gasteiger partial charge is 0.255 e. The van der Waals surface area contributed by atoms with Crippen LogP contribution >= 0.6 is 0 Å². The second-order valence-electron chi connectivity index (χ2n) is 3.86. The molecule has 3 N–H and O–H groups in total. The van der Waals surface area contributed by atoms with Gasteiger partial charge in [0, 0.05) is 17.8 Å². The monoisotopic (exact) mass is 244 g/mol. The molecule has 0 bridgehead atoms. The lowest BCUT2D eigenvalue weighted by Crippen LogP contribution is -2.12. The Hall–Kier alpha value is -2.20. The van der Waals surface area contributed by atoms with Crippen LogP contribution in [0.3, 0.4) is 0 Å². The van der Waals surface area contributed by atoms with Crippen LogP contribution in [-0.2, 0) is 6.54 Å². The Bertz CT molecular complexity index is 535. The van der Waals surface area contributed by atoms with Crippen LogP contribution in [0.4, 0.5) is 10.1 Å². The normalized spacial score (nSPS) is 10.1. The molecule has 3 nitrogen and oxygen atoms in total. The van der Waals surface area contributed by atoms with Gasteiger partial charge >= 0.3 is 0 Å². The molecule has 4 heteroatoms. The molecule has 2 rings (SSSR count). The summed E-state index contributed by atoms with van der Waals surface area (Å²) < 4.78 is 12.7. The fraction of sp³-hybridized carbons (Fsp3) is 0.0714. The van der Waals surface area contributed by atoms with E-state index in [4.69, 9.17) is 5.73 Å². The number of anilines is 1. The third kappa shape index (κ3) is 2.93. The van der Waals surface area contributed by atoms with E-state index in [9.17, 15) is 9.18 Å². The van der Waals surface area contributed by atoms with Gasteiger partial charge in [-0.25, -0.2) is 4.39 Å². The van der Waals surface area contributed by atoms with Gasteiger partial charge < -0.3 is 11.1 Å². The van der Waals surface area contributed by atoms with Crippen molar-refractivity contribution < 1.29 is 9.18 Å². The van der Waals surface area contributed by atoms with Gasteiger partial charge in [0.2, 0.25) is 0 Å². The van der Waals surface area contributed by atoms with E-state index in [-0.39, 0.29) is 11.7 Å². The molecule has 2 aromatic rings. The lowest BCUT2D eigenvalue weighted by Gasteiger charge is -2.05. The number of benzene rings is 2. The minimum absolute atomic E-state index is 0.231. The lowest BCUT2D eigenvalue weighted by molar-refractivity contribution is 0.102. The van der Waals surface area contributed by atoms with Gasteiger partial charge in [-0.3, -0.25) is 4.79 Å². The summed E-state index contributed by atoms with van der Waals surface area (Å²) in [6, 6.07) is 12.7. The SMILES string of the molecule is NCc1ccc(C(=O)Nc2ccc(F)cc2)cc1. The molecular weight excluding hydrogens is 231 g/mol. The topological polar surface area (TPSA) is 55.1 Å². The molecule has 0 fully saturated rings. The minimum atomic E-state index is -0.333.